The highest BCUT2D eigenvalue weighted by atomic mass is 32.2. The van der Waals surface area contributed by atoms with Gasteiger partial charge in [-0.2, -0.15) is 0 Å². The number of ether oxygens (including phenoxy) is 1. The molecule has 0 heterocycles. The first-order valence-electron chi connectivity index (χ1n) is 9.24. The van der Waals surface area contributed by atoms with Crippen molar-refractivity contribution in [1.29, 1.82) is 0 Å². The summed E-state index contributed by atoms with van der Waals surface area (Å²) in [7, 11) is -3.53. The lowest BCUT2D eigenvalue weighted by Crippen LogP contribution is -2.40. The SMILES string of the molecule is CC(C)(C)O[C@H]1CCC2=C(CS(=O)(=O)c3ccccc3)C(=O)CC[C@@]21C. The van der Waals surface area contributed by atoms with E-state index >= 15 is 0 Å². The molecule has 0 spiro atoms. The van der Waals surface area contributed by atoms with Gasteiger partial charge in [0.2, 0.25) is 0 Å². The van der Waals surface area contributed by atoms with Crippen LogP contribution >= 0.6 is 0 Å². The number of sulfone groups is 1. The Morgan fingerprint density at radius 3 is 2.42 bits per heavy atom. The van der Waals surface area contributed by atoms with E-state index in [0.717, 1.165) is 24.8 Å². The largest absolute Gasteiger partial charge is 0.372 e. The summed E-state index contributed by atoms with van der Waals surface area (Å²) in [5, 5.41) is 0. The van der Waals surface area contributed by atoms with Gasteiger partial charge in [-0.3, -0.25) is 4.79 Å². The Kier molecular flexibility index (Phi) is 4.91. The predicted octanol–water partition coefficient (Wildman–Crippen LogP) is 4.10. The van der Waals surface area contributed by atoms with Gasteiger partial charge in [0.05, 0.1) is 22.4 Å². The van der Waals surface area contributed by atoms with Gasteiger partial charge in [-0.1, -0.05) is 30.7 Å². The van der Waals surface area contributed by atoms with Gasteiger partial charge < -0.3 is 4.74 Å². The summed E-state index contributed by atoms with van der Waals surface area (Å²) in [6.07, 6.45) is 2.73. The molecule has 0 N–H and O–H groups in total. The monoisotopic (exact) mass is 376 g/mol. The molecule has 0 bridgehead atoms. The van der Waals surface area contributed by atoms with E-state index in [4.69, 9.17) is 4.74 Å². The van der Waals surface area contributed by atoms with E-state index in [1.165, 1.54) is 0 Å². The van der Waals surface area contributed by atoms with Crippen molar-refractivity contribution in [3.63, 3.8) is 0 Å². The Morgan fingerprint density at radius 2 is 1.81 bits per heavy atom. The molecule has 0 aliphatic heterocycles. The Morgan fingerprint density at radius 1 is 1.15 bits per heavy atom. The highest BCUT2D eigenvalue weighted by Crippen LogP contribution is 2.53. The van der Waals surface area contributed by atoms with Crippen molar-refractivity contribution in [2.24, 2.45) is 5.41 Å². The first kappa shape index (κ1) is 19.3. The Bertz CT molecular complexity index is 831. The van der Waals surface area contributed by atoms with Crippen LogP contribution < -0.4 is 0 Å². The molecular formula is C21H28O4S. The maximum absolute atomic E-state index is 12.8. The normalized spacial score (nSPS) is 26.9. The smallest absolute Gasteiger partial charge is 0.182 e. The van der Waals surface area contributed by atoms with E-state index in [0.29, 0.717) is 12.0 Å². The second-order valence-electron chi connectivity index (χ2n) is 8.63. The predicted molar refractivity (Wildman–Crippen MR) is 102 cm³/mol. The number of hydrogen-bond donors (Lipinski definition) is 0. The maximum Gasteiger partial charge on any atom is 0.182 e. The van der Waals surface area contributed by atoms with Gasteiger partial charge in [0.1, 0.15) is 0 Å². The van der Waals surface area contributed by atoms with Gasteiger partial charge in [-0.25, -0.2) is 8.42 Å². The fourth-order valence-electron chi connectivity index (χ4n) is 4.26. The van der Waals surface area contributed by atoms with Crippen molar-refractivity contribution in [2.45, 2.75) is 70.0 Å². The number of carbonyl (C=O) groups is 1. The molecule has 4 nitrogen and oxygen atoms in total. The van der Waals surface area contributed by atoms with Gasteiger partial charge >= 0.3 is 0 Å². The van der Waals surface area contributed by atoms with Crippen LogP contribution in [0.4, 0.5) is 0 Å². The molecule has 0 saturated heterocycles. The first-order chi connectivity index (χ1) is 12.0. The standard InChI is InChI=1S/C21H28O4S/c1-20(2,3)25-19-11-10-17-16(18(22)12-13-21(17,19)4)14-26(23,24)15-8-6-5-7-9-15/h5-9,19H,10-14H2,1-4H3/t19-,21-/m0/s1. The zero-order valence-corrected chi connectivity index (χ0v) is 16.9. The number of Topliss-reactive ketones (excluding diaryl/α,β-unsaturated/α-hetero) is 1. The zero-order chi connectivity index (χ0) is 19.2. The molecule has 2 atom stereocenters. The van der Waals surface area contributed by atoms with Crippen molar-refractivity contribution in [3.8, 4) is 0 Å². The average molecular weight is 377 g/mol. The van der Waals surface area contributed by atoms with Crippen molar-refractivity contribution in [2.75, 3.05) is 5.75 Å². The summed E-state index contributed by atoms with van der Waals surface area (Å²) in [6, 6.07) is 8.39. The second kappa shape index (κ2) is 6.61. The van der Waals surface area contributed by atoms with Crippen LogP contribution in [-0.2, 0) is 19.4 Å². The van der Waals surface area contributed by atoms with Crippen LogP contribution in [0.3, 0.4) is 0 Å². The Labute approximate surface area is 156 Å². The molecule has 0 radical (unpaired) electrons. The number of hydrogen-bond acceptors (Lipinski definition) is 4. The molecule has 26 heavy (non-hydrogen) atoms. The van der Waals surface area contributed by atoms with E-state index in [-0.39, 0.29) is 33.6 Å². The van der Waals surface area contributed by atoms with Gasteiger partial charge in [0.25, 0.3) is 0 Å². The van der Waals surface area contributed by atoms with Gasteiger partial charge in [0, 0.05) is 17.4 Å². The number of carbonyl (C=O) groups excluding carboxylic acids is 1. The number of fused-ring (bicyclic) bond motifs is 1. The quantitative estimate of drug-likeness (QED) is 0.794. The van der Waals surface area contributed by atoms with Crippen LogP contribution in [0.15, 0.2) is 46.4 Å². The summed E-state index contributed by atoms with van der Waals surface area (Å²) < 4.78 is 31.9. The molecule has 2 aliphatic carbocycles. The molecule has 1 fully saturated rings. The molecule has 3 rings (SSSR count). The fourth-order valence-corrected chi connectivity index (χ4v) is 5.71. The molecule has 0 unspecified atom stereocenters. The highest BCUT2D eigenvalue weighted by molar-refractivity contribution is 7.91. The maximum atomic E-state index is 12.8. The number of rotatable bonds is 4. The summed E-state index contributed by atoms with van der Waals surface area (Å²) in [4.78, 5) is 12.9. The third kappa shape index (κ3) is 3.65. The first-order valence-corrected chi connectivity index (χ1v) is 10.9. The van der Waals surface area contributed by atoms with E-state index in [9.17, 15) is 13.2 Å². The fraction of sp³-hybridized carbons (Fsp3) is 0.571. The lowest BCUT2D eigenvalue weighted by atomic mass is 9.71. The Balaban J connectivity index is 1.97. The van der Waals surface area contributed by atoms with Crippen molar-refractivity contribution >= 4 is 15.6 Å². The lowest BCUT2D eigenvalue weighted by molar-refractivity contribution is -0.120. The minimum absolute atomic E-state index is 0.0200. The van der Waals surface area contributed by atoms with Gasteiger partial charge in [0.15, 0.2) is 15.6 Å². The molecule has 1 aromatic rings. The van der Waals surface area contributed by atoms with Crippen LogP contribution in [0.5, 0.6) is 0 Å². The molecule has 2 aliphatic rings. The van der Waals surface area contributed by atoms with Crippen molar-refractivity contribution < 1.29 is 17.9 Å². The second-order valence-corrected chi connectivity index (χ2v) is 10.6. The summed E-state index contributed by atoms with van der Waals surface area (Å²) in [5.74, 6) is -0.225. The number of benzene rings is 1. The summed E-state index contributed by atoms with van der Waals surface area (Å²) in [6.45, 7) is 8.24. The topological polar surface area (TPSA) is 60.4 Å². The van der Waals surface area contributed by atoms with E-state index in [1.807, 2.05) is 20.8 Å². The average Bonchev–Trinajstić information content (AvgIpc) is 2.87. The molecular weight excluding hydrogens is 348 g/mol. The van der Waals surface area contributed by atoms with Crippen LogP contribution in [0, 0.1) is 5.41 Å². The van der Waals surface area contributed by atoms with E-state index in [1.54, 1.807) is 30.3 Å². The van der Waals surface area contributed by atoms with Crippen LogP contribution in [-0.4, -0.2) is 31.7 Å². The number of ketones is 1. The van der Waals surface area contributed by atoms with Gasteiger partial charge in [-0.05, 0) is 52.2 Å². The third-order valence-electron chi connectivity index (χ3n) is 5.56. The van der Waals surface area contributed by atoms with Crippen LogP contribution in [0.25, 0.3) is 0 Å². The molecule has 5 heteroatoms. The molecule has 1 aromatic carbocycles. The third-order valence-corrected chi connectivity index (χ3v) is 7.22. The highest BCUT2D eigenvalue weighted by Gasteiger charge is 2.49. The lowest BCUT2D eigenvalue weighted by Gasteiger charge is -2.40. The Hall–Kier alpha value is -1.46. The van der Waals surface area contributed by atoms with Crippen molar-refractivity contribution in [1.82, 2.24) is 0 Å². The summed E-state index contributed by atoms with van der Waals surface area (Å²) >= 11 is 0. The zero-order valence-electron chi connectivity index (χ0n) is 16.0. The van der Waals surface area contributed by atoms with Crippen molar-refractivity contribution in [3.05, 3.63) is 41.5 Å². The van der Waals surface area contributed by atoms with Crippen LogP contribution in [0.1, 0.15) is 53.4 Å². The van der Waals surface area contributed by atoms with Crippen LogP contribution in [0.2, 0.25) is 0 Å². The van der Waals surface area contributed by atoms with E-state index in [2.05, 4.69) is 6.92 Å². The summed E-state index contributed by atoms with van der Waals surface area (Å²) in [5.41, 5.74) is 0.994. The molecule has 1 saturated carbocycles. The minimum Gasteiger partial charge on any atom is -0.372 e. The minimum atomic E-state index is -3.53. The van der Waals surface area contributed by atoms with Gasteiger partial charge in [-0.15, -0.1) is 0 Å². The molecule has 0 amide bonds. The molecule has 142 valence electrons. The van der Waals surface area contributed by atoms with E-state index < -0.39 is 9.84 Å². The molecule has 0 aromatic heterocycles.